The Morgan fingerprint density at radius 3 is 2.05 bits per heavy atom. The van der Waals surface area contributed by atoms with Crippen LogP contribution in [0.3, 0.4) is 0 Å². The molecule has 0 saturated carbocycles. The molecule has 6 nitrogen and oxygen atoms in total. The molecule has 2 rings (SSSR count). The number of hydrogen-bond donors (Lipinski definition) is 1. The zero-order chi connectivity index (χ0) is 15.1. The number of H-pyrrole nitrogens is 1. The average molecular weight is 300 g/mol. The molecule has 0 aromatic carbocycles. The summed E-state index contributed by atoms with van der Waals surface area (Å²) in [6, 6.07) is 0. The first-order valence-corrected chi connectivity index (χ1v) is 8.35. The monoisotopic (exact) mass is 300 g/mol. The Morgan fingerprint density at radius 2 is 1.65 bits per heavy atom. The van der Waals surface area contributed by atoms with E-state index in [9.17, 15) is 8.42 Å². The normalized spacial score (nSPS) is 19.4. The molecule has 1 N–H and O–H groups in total. The minimum absolute atomic E-state index is 0.0807. The van der Waals surface area contributed by atoms with E-state index in [0.29, 0.717) is 29.4 Å². The molecular weight excluding hydrogens is 276 g/mol. The summed E-state index contributed by atoms with van der Waals surface area (Å²) in [5.41, 5.74) is 1.23. The molecule has 1 saturated heterocycles. The third kappa shape index (κ3) is 2.75. The summed E-state index contributed by atoms with van der Waals surface area (Å²) in [6.45, 7) is 12.5. The molecule has 20 heavy (non-hydrogen) atoms. The van der Waals surface area contributed by atoms with E-state index < -0.39 is 10.0 Å². The third-order valence-corrected chi connectivity index (χ3v) is 6.01. The van der Waals surface area contributed by atoms with Gasteiger partial charge in [0, 0.05) is 31.7 Å². The Bertz CT molecular complexity index is 559. The highest BCUT2D eigenvalue weighted by Crippen LogP contribution is 2.24. The number of aryl methyl sites for hydroxylation is 2. The fourth-order valence-corrected chi connectivity index (χ4v) is 4.40. The number of hydrogen-bond acceptors (Lipinski definition) is 4. The van der Waals surface area contributed by atoms with Crippen molar-refractivity contribution in [2.75, 3.05) is 26.2 Å². The molecule has 7 heteroatoms. The second-order valence-corrected chi connectivity index (χ2v) is 8.20. The van der Waals surface area contributed by atoms with Gasteiger partial charge in [-0.15, -0.1) is 0 Å². The summed E-state index contributed by atoms with van der Waals surface area (Å²) in [6.07, 6.45) is 0. The van der Waals surface area contributed by atoms with Crippen molar-refractivity contribution in [3.63, 3.8) is 0 Å². The second kappa shape index (κ2) is 5.13. The summed E-state index contributed by atoms with van der Waals surface area (Å²) < 4.78 is 27.0. The zero-order valence-corrected chi connectivity index (χ0v) is 13.7. The molecule has 1 fully saturated rings. The van der Waals surface area contributed by atoms with Crippen LogP contribution in [0, 0.1) is 13.8 Å². The van der Waals surface area contributed by atoms with Crippen LogP contribution in [0.15, 0.2) is 4.90 Å². The van der Waals surface area contributed by atoms with Gasteiger partial charge in [-0.3, -0.25) is 10.00 Å². The minimum atomic E-state index is -3.44. The first-order chi connectivity index (χ1) is 9.14. The van der Waals surface area contributed by atoms with Crippen LogP contribution in [0.5, 0.6) is 0 Å². The van der Waals surface area contributed by atoms with E-state index in [-0.39, 0.29) is 5.54 Å². The largest absolute Gasteiger partial charge is 0.296 e. The third-order valence-electron chi connectivity index (χ3n) is 3.85. The summed E-state index contributed by atoms with van der Waals surface area (Å²) >= 11 is 0. The Kier molecular flexibility index (Phi) is 3.96. The van der Waals surface area contributed by atoms with E-state index in [1.54, 1.807) is 18.2 Å². The predicted molar refractivity (Wildman–Crippen MR) is 78.1 cm³/mol. The van der Waals surface area contributed by atoms with Crippen molar-refractivity contribution in [2.45, 2.75) is 45.1 Å². The van der Waals surface area contributed by atoms with Gasteiger partial charge in [0.15, 0.2) is 0 Å². The van der Waals surface area contributed by atoms with E-state index in [4.69, 9.17) is 0 Å². The molecule has 2 heterocycles. The quantitative estimate of drug-likeness (QED) is 0.889. The first-order valence-electron chi connectivity index (χ1n) is 6.91. The van der Waals surface area contributed by atoms with Gasteiger partial charge < -0.3 is 0 Å². The van der Waals surface area contributed by atoms with E-state index >= 15 is 0 Å². The lowest BCUT2D eigenvalue weighted by Gasteiger charge is -2.41. The zero-order valence-electron chi connectivity index (χ0n) is 12.9. The molecular formula is C13H24N4O2S. The molecule has 0 spiro atoms. The van der Waals surface area contributed by atoms with Gasteiger partial charge in [-0.05, 0) is 34.6 Å². The van der Waals surface area contributed by atoms with Crippen molar-refractivity contribution in [3.8, 4) is 0 Å². The number of aromatic nitrogens is 2. The summed E-state index contributed by atoms with van der Waals surface area (Å²) in [4.78, 5) is 2.65. The molecule has 1 aliphatic rings. The highest BCUT2D eigenvalue weighted by molar-refractivity contribution is 7.89. The molecule has 114 valence electrons. The number of nitrogens with zero attached hydrogens (tertiary/aromatic N) is 3. The second-order valence-electron chi connectivity index (χ2n) is 6.33. The minimum Gasteiger partial charge on any atom is -0.296 e. The Morgan fingerprint density at radius 1 is 1.10 bits per heavy atom. The van der Waals surface area contributed by atoms with Gasteiger partial charge in [-0.1, -0.05) is 0 Å². The van der Waals surface area contributed by atoms with Crippen molar-refractivity contribution >= 4 is 10.0 Å². The summed E-state index contributed by atoms with van der Waals surface area (Å²) in [5.74, 6) is 0. The number of aromatic amines is 1. The maximum atomic E-state index is 12.7. The number of sulfonamides is 1. The predicted octanol–water partition coefficient (Wildman–Crippen LogP) is 1.13. The molecule has 0 radical (unpaired) electrons. The van der Waals surface area contributed by atoms with Crippen LogP contribution in [-0.2, 0) is 10.0 Å². The molecule has 1 aliphatic heterocycles. The smallest absolute Gasteiger partial charge is 0.246 e. The lowest BCUT2D eigenvalue weighted by Crippen LogP contribution is -2.54. The molecule has 1 aromatic heterocycles. The van der Waals surface area contributed by atoms with Crippen molar-refractivity contribution in [2.24, 2.45) is 0 Å². The van der Waals surface area contributed by atoms with Gasteiger partial charge >= 0.3 is 0 Å². The fraction of sp³-hybridized carbons (Fsp3) is 0.769. The van der Waals surface area contributed by atoms with Crippen LogP contribution >= 0.6 is 0 Å². The van der Waals surface area contributed by atoms with E-state index in [1.165, 1.54) is 0 Å². The number of piperazine rings is 1. The van der Waals surface area contributed by atoms with Gasteiger partial charge in [0.25, 0.3) is 0 Å². The summed E-state index contributed by atoms with van der Waals surface area (Å²) in [7, 11) is -3.44. The van der Waals surface area contributed by atoms with Gasteiger partial charge in [0.2, 0.25) is 10.0 Å². The van der Waals surface area contributed by atoms with E-state index in [0.717, 1.165) is 13.1 Å². The van der Waals surface area contributed by atoms with Crippen molar-refractivity contribution in [1.29, 1.82) is 0 Å². The molecule has 0 atom stereocenters. The summed E-state index contributed by atoms with van der Waals surface area (Å²) in [5, 5.41) is 6.74. The van der Waals surface area contributed by atoms with Crippen LogP contribution in [0.25, 0.3) is 0 Å². The SMILES string of the molecule is Cc1n[nH]c(C)c1S(=O)(=O)N1CCN(C(C)(C)C)CC1. The van der Waals surface area contributed by atoms with Gasteiger partial charge in [-0.25, -0.2) is 8.42 Å². The standard InChI is InChI=1S/C13H24N4O2S/c1-10-12(11(2)15-14-10)20(18,19)17-8-6-16(7-9-17)13(3,4)5/h6-9H2,1-5H3,(H,14,15). The first kappa shape index (κ1) is 15.5. The molecule has 0 unspecified atom stereocenters. The highest BCUT2D eigenvalue weighted by atomic mass is 32.2. The van der Waals surface area contributed by atoms with E-state index in [1.807, 2.05) is 0 Å². The van der Waals surface area contributed by atoms with E-state index in [2.05, 4.69) is 35.9 Å². The lowest BCUT2D eigenvalue weighted by molar-refractivity contribution is 0.0921. The Labute approximate surface area is 121 Å². The van der Waals surface area contributed by atoms with Crippen LogP contribution in [0.4, 0.5) is 0 Å². The highest BCUT2D eigenvalue weighted by Gasteiger charge is 2.34. The average Bonchev–Trinajstić information content (AvgIpc) is 2.68. The van der Waals surface area contributed by atoms with Crippen molar-refractivity contribution in [3.05, 3.63) is 11.4 Å². The fourth-order valence-electron chi connectivity index (χ4n) is 2.65. The Hall–Kier alpha value is -0.920. The van der Waals surface area contributed by atoms with Crippen molar-refractivity contribution in [1.82, 2.24) is 19.4 Å². The molecule has 0 aliphatic carbocycles. The molecule has 1 aromatic rings. The van der Waals surface area contributed by atoms with Crippen molar-refractivity contribution < 1.29 is 8.42 Å². The number of rotatable bonds is 2. The molecule has 0 bridgehead atoms. The van der Waals surface area contributed by atoms with Crippen LogP contribution in [0.1, 0.15) is 32.2 Å². The van der Waals surface area contributed by atoms with Crippen LogP contribution in [0.2, 0.25) is 0 Å². The van der Waals surface area contributed by atoms with Gasteiger partial charge in [0.1, 0.15) is 4.90 Å². The van der Waals surface area contributed by atoms with Gasteiger partial charge in [0.05, 0.1) is 11.4 Å². The number of nitrogens with one attached hydrogen (secondary N) is 1. The topological polar surface area (TPSA) is 69.3 Å². The maximum absolute atomic E-state index is 12.7. The van der Waals surface area contributed by atoms with Crippen LogP contribution in [-0.4, -0.2) is 59.5 Å². The lowest BCUT2D eigenvalue weighted by atomic mass is 10.1. The Balaban J connectivity index is 2.18. The van der Waals surface area contributed by atoms with Gasteiger partial charge in [-0.2, -0.15) is 9.40 Å². The maximum Gasteiger partial charge on any atom is 0.246 e. The van der Waals surface area contributed by atoms with Crippen LogP contribution < -0.4 is 0 Å². The molecule has 0 amide bonds.